The molecular weight excluding hydrogens is 455 g/mol. The van der Waals surface area contributed by atoms with Crippen LogP contribution in [0.15, 0.2) is 46.9 Å². The van der Waals surface area contributed by atoms with Gasteiger partial charge in [-0.25, -0.2) is 0 Å². The molecule has 0 aliphatic rings. The van der Waals surface area contributed by atoms with Crippen molar-refractivity contribution in [1.29, 1.82) is 5.26 Å². The summed E-state index contributed by atoms with van der Waals surface area (Å²) in [5, 5.41) is 20.7. The van der Waals surface area contributed by atoms with E-state index in [2.05, 4.69) is 42.3 Å². The lowest BCUT2D eigenvalue weighted by Crippen LogP contribution is -2.39. The summed E-state index contributed by atoms with van der Waals surface area (Å²) in [7, 11) is 0. The molecule has 29 heavy (non-hydrogen) atoms. The fraction of sp³-hybridized carbons (Fsp3) is 0.222. The Morgan fingerprint density at radius 2 is 1.86 bits per heavy atom. The van der Waals surface area contributed by atoms with Crippen LogP contribution in [0.3, 0.4) is 0 Å². The van der Waals surface area contributed by atoms with Gasteiger partial charge in [-0.15, -0.1) is 13.2 Å². The fourth-order valence-corrected chi connectivity index (χ4v) is 2.92. The summed E-state index contributed by atoms with van der Waals surface area (Å²) >= 11 is 3.33. The van der Waals surface area contributed by atoms with E-state index >= 15 is 0 Å². The summed E-state index contributed by atoms with van der Waals surface area (Å²) in [6.45, 7) is 1.61. The molecule has 1 N–H and O–H groups in total. The lowest BCUT2D eigenvalue weighted by Gasteiger charge is -2.18. The van der Waals surface area contributed by atoms with Crippen molar-refractivity contribution in [3.63, 3.8) is 0 Å². The Kier molecular flexibility index (Phi) is 5.74. The molecule has 11 heteroatoms. The van der Waals surface area contributed by atoms with Gasteiger partial charge in [0.1, 0.15) is 16.8 Å². The van der Waals surface area contributed by atoms with Gasteiger partial charge in [-0.2, -0.15) is 20.3 Å². The van der Waals surface area contributed by atoms with Crippen LogP contribution in [-0.2, 0) is 0 Å². The molecule has 0 spiro atoms. The van der Waals surface area contributed by atoms with Crippen molar-refractivity contribution >= 4 is 32.9 Å². The molecule has 0 saturated carbocycles. The third-order valence-electron chi connectivity index (χ3n) is 3.92. The molecule has 1 heterocycles. The number of alkyl halides is 3. The number of hydrogen-bond donors (Lipinski definition) is 1. The van der Waals surface area contributed by atoms with Gasteiger partial charge in [0.15, 0.2) is 6.04 Å². The number of halogens is 4. The van der Waals surface area contributed by atoms with Crippen LogP contribution in [0, 0.1) is 11.3 Å². The smallest absolute Gasteiger partial charge is 0.406 e. The number of aromatic nitrogens is 3. The number of fused-ring (bicyclic) bond motifs is 1. The molecule has 1 aromatic heterocycles. The second-order valence-corrected chi connectivity index (χ2v) is 6.98. The zero-order valence-electron chi connectivity index (χ0n) is 14.8. The molecule has 0 aliphatic heterocycles. The van der Waals surface area contributed by atoms with Crippen molar-refractivity contribution in [2.45, 2.75) is 25.4 Å². The third-order valence-corrected chi connectivity index (χ3v) is 4.41. The summed E-state index contributed by atoms with van der Waals surface area (Å²) in [6.07, 6.45) is -4.81. The normalized spacial score (nSPS) is 13.5. The highest BCUT2D eigenvalue weighted by Crippen LogP contribution is 2.23. The number of nitriles is 1. The van der Waals surface area contributed by atoms with Crippen molar-refractivity contribution in [2.75, 3.05) is 0 Å². The Labute approximate surface area is 171 Å². The lowest BCUT2D eigenvalue weighted by molar-refractivity contribution is -0.274. The van der Waals surface area contributed by atoms with Crippen molar-refractivity contribution in [3.8, 4) is 11.8 Å². The first-order chi connectivity index (χ1) is 13.7. The number of hydrogen-bond acceptors (Lipinski definition) is 5. The summed E-state index contributed by atoms with van der Waals surface area (Å²) < 4.78 is 41.2. The Morgan fingerprint density at radius 3 is 2.48 bits per heavy atom. The Bertz CT molecular complexity index is 1080. The minimum atomic E-state index is -4.81. The number of carbonyl (C=O) groups is 1. The van der Waals surface area contributed by atoms with Gasteiger partial charge in [-0.1, -0.05) is 15.9 Å². The largest absolute Gasteiger partial charge is 0.573 e. The number of rotatable bonds is 5. The van der Waals surface area contributed by atoms with Crippen LogP contribution < -0.4 is 10.1 Å². The van der Waals surface area contributed by atoms with Gasteiger partial charge in [0.25, 0.3) is 5.91 Å². The molecule has 0 saturated heterocycles. The summed E-state index contributed by atoms with van der Waals surface area (Å²) in [4.78, 5) is 13.6. The topological polar surface area (TPSA) is 92.8 Å². The van der Waals surface area contributed by atoms with Crippen LogP contribution in [0.1, 0.15) is 23.3 Å². The van der Waals surface area contributed by atoms with Crippen LogP contribution in [-0.4, -0.2) is 33.3 Å². The predicted molar refractivity (Wildman–Crippen MR) is 99.9 cm³/mol. The van der Waals surface area contributed by atoms with E-state index in [1.165, 1.54) is 16.9 Å². The summed E-state index contributed by atoms with van der Waals surface area (Å²) in [6, 6.07) is 10.2. The quantitative estimate of drug-likeness (QED) is 0.612. The number of nitrogens with zero attached hydrogens (tertiary/aromatic N) is 4. The van der Waals surface area contributed by atoms with Crippen LogP contribution >= 0.6 is 15.9 Å². The maximum atomic E-state index is 12.4. The number of nitrogens with one attached hydrogen (secondary N) is 1. The monoisotopic (exact) mass is 467 g/mol. The number of ether oxygens (including phenoxy) is 1. The van der Waals surface area contributed by atoms with Gasteiger partial charge in [-0.05, 0) is 49.4 Å². The highest BCUT2D eigenvalue weighted by molar-refractivity contribution is 9.10. The highest BCUT2D eigenvalue weighted by atomic mass is 79.9. The zero-order valence-corrected chi connectivity index (χ0v) is 16.4. The van der Waals surface area contributed by atoms with E-state index in [0.717, 1.165) is 16.6 Å². The molecule has 0 radical (unpaired) electrons. The first-order valence-corrected chi connectivity index (χ1v) is 9.04. The lowest BCUT2D eigenvalue weighted by atomic mass is 10.1. The van der Waals surface area contributed by atoms with E-state index in [-0.39, 0.29) is 5.56 Å². The van der Waals surface area contributed by atoms with Gasteiger partial charge < -0.3 is 10.1 Å². The van der Waals surface area contributed by atoms with E-state index < -0.39 is 30.1 Å². The first kappa shape index (κ1) is 20.6. The average molecular weight is 468 g/mol. The van der Waals surface area contributed by atoms with Crippen LogP contribution in [0.4, 0.5) is 13.2 Å². The third kappa shape index (κ3) is 5.03. The maximum Gasteiger partial charge on any atom is 0.573 e. The maximum absolute atomic E-state index is 12.4. The van der Waals surface area contributed by atoms with Crippen molar-refractivity contribution in [2.24, 2.45) is 0 Å². The number of benzene rings is 2. The molecule has 7 nitrogen and oxygen atoms in total. The van der Waals surface area contributed by atoms with Gasteiger partial charge in [-0.3, -0.25) is 4.79 Å². The number of carbonyl (C=O) groups excluding carboxylic acids is 1. The molecule has 0 bridgehead atoms. The van der Waals surface area contributed by atoms with E-state index in [9.17, 15) is 23.2 Å². The van der Waals surface area contributed by atoms with Gasteiger partial charge in [0.05, 0.1) is 12.1 Å². The van der Waals surface area contributed by atoms with Gasteiger partial charge >= 0.3 is 6.36 Å². The molecular formula is C18H13BrF3N5O2. The van der Waals surface area contributed by atoms with E-state index in [0.29, 0.717) is 11.0 Å². The van der Waals surface area contributed by atoms with E-state index in [1.54, 1.807) is 25.1 Å². The van der Waals surface area contributed by atoms with Crippen molar-refractivity contribution in [1.82, 2.24) is 20.3 Å². The van der Waals surface area contributed by atoms with E-state index in [1.807, 2.05) is 0 Å². The highest BCUT2D eigenvalue weighted by Gasteiger charge is 2.31. The standard InChI is InChI=1S/C18H13BrF3N5O2/c1-10(16(9-23)27-25-14-7-4-12(19)8-15(14)26-27)24-17(28)11-2-5-13(6-3-11)29-18(20,21)22/h2-8,10,16H,1H3,(H,24,28). The molecule has 3 rings (SSSR count). The molecule has 0 fully saturated rings. The van der Waals surface area contributed by atoms with Gasteiger partial charge in [0.2, 0.25) is 0 Å². The van der Waals surface area contributed by atoms with Crippen LogP contribution in [0.2, 0.25) is 0 Å². The van der Waals surface area contributed by atoms with Crippen molar-refractivity contribution < 1.29 is 22.7 Å². The van der Waals surface area contributed by atoms with Crippen LogP contribution in [0.5, 0.6) is 5.75 Å². The first-order valence-electron chi connectivity index (χ1n) is 8.24. The van der Waals surface area contributed by atoms with Crippen LogP contribution in [0.25, 0.3) is 11.0 Å². The molecule has 150 valence electrons. The molecule has 3 aromatic rings. The molecule has 2 atom stereocenters. The van der Waals surface area contributed by atoms with Gasteiger partial charge in [0, 0.05) is 10.0 Å². The second-order valence-electron chi connectivity index (χ2n) is 6.06. The minimum Gasteiger partial charge on any atom is -0.406 e. The molecule has 1 amide bonds. The predicted octanol–water partition coefficient (Wildman–Crippen LogP) is 3.98. The molecule has 2 unspecified atom stereocenters. The Morgan fingerprint density at radius 1 is 1.21 bits per heavy atom. The fourth-order valence-electron chi connectivity index (χ4n) is 2.57. The van der Waals surface area contributed by atoms with E-state index in [4.69, 9.17) is 0 Å². The Balaban J connectivity index is 1.72. The molecule has 2 aromatic carbocycles. The van der Waals surface area contributed by atoms with Crippen molar-refractivity contribution in [3.05, 3.63) is 52.5 Å². The number of amides is 1. The Hall–Kier alpha value is -3.13. The molecule has 0 aliphatic carbocycles. The average Bonchev–Trinajstić information content (AvgIpc) is 3.04. The SMILES string of the molecule is CC(NC(=O)c1ccc(OC(F)(F)F)cc1)C(C#N)n1nc2ccc(Br)cc2n1. The minimum absolute atomic E-state index is 0.116. The second kappa shape index (κ2) is 8.08. The summed E-state index contributed by atoms with van der Waals surface area (Å²) in [5.41, 5.74) is 1.29. The zero-order chi connectivity index (χ0) is 21.2. The summed E-state index contributed by atoms with van der Waals surface area (Å²) in [5.74, 6) is -0.994.